The Morgan fingerprint density at radius 1 is 0.704 bits per heavy atom. The molecule has 0 aromatic carbocycles. The molecule has 0 bridgehead atoms. The van der Waals surface area contributed by atoms with Crippen molar-refractivity contribution < 1.29 is 20.1 Å². The lowest BCUT2D eigenvalue weighted by atomic mass is 10.0. The van der Waals surface area contributed by atoms with E-state index in [2.05, 4.69) is 13.0 Å². The predicted molar refractivity (Wildman–Crippen MR) is 113 cm³/mol. The van der Waals surface area contributed by atoms with E-state index in [4.69, 9.17) is 5.11 Å². The van der Waals surface area contributed by atoms with E-state index in [1.807, 2.05) is 6.08 Å². The maximum atomic E-state index is 10.4. The minimum atomic E-state index is -0.681. The highest BCUT2D eigenvalue weighted by molar-refractivity contribution is 5.66. The third-order valence-corrected chi connectivity index (χ3v) is 5.07. The van der Waals surface area contributed by atoms with Crippen molar-refractivity contribution in [1.82, 2.24) is 0 Å². The molecule has 0 aromatic heterocycles. The van der Waals surface area contributed by atoms with Crippen LogP contribution >= 0.6 is 0 Å². The average Bonchev–Trinajstić information content (AvgIpc) is 2.63. The van der Waals surface area contributed by atoms with Gasteiger partial charge in [-0.25, -0.2) is 0 Å². The molecular formula is C23H44O4. The van der Waals surface area contributed by atoms with Gasteiger partial charge in [0.2, 0.25) is 0 Å². The third-order valence-electron chi connectivity index (χ3n) is 5.07. The zero-order chi connectivity index (χ0) is 20.2. The number of carboxylic acids is 1. The fourth-order valence-corrected chi connectivity index (χ4v) is 3.31. The van der Waals surface area contributed by atoms with Crippen LogP contribution in [-0.2, 0) is 4.79 Å². The number of aliphatic hydroxyl groups excluding tert-OH is 2. The minimum Gasteiger partial charge on any atom is -0.481 e. The summed E-state index contributed by atoms with van der Waals surface area (Å²) in [5.41, 5.74) is 0. The van der Waals surface area contributed by atoms with Gasteiger partial charge in [0.25, 0.3) is 0 Å². The van der Waals surface area contributed by atoms with Gasteiger partial charge in [0.1, 0.15) is 0 Å². The van der Waals surface area contributed by atoms with Gasteiger partial charge in [-0.2, -0.15) is 0 Å². The number of carboxylic acid groups (broad SMARTS) is 1. The number of aliphatic carboxylic acids is 1. The van der Waals surface area contributed by atoms with Crippen LogP contribution in [0.15, 0.2) is 12.2 Å². The summed E-state index contributed by atoms with van der Waals surface area (Å²) in [5.74, 6) is -0.681. The highest BCUT2D eigenvalue weighted by atomic mass is 16.4. The van der Waals surface area contributed by atoms with Gasteiger partial charge in [0, 0.05) is 6.42 Å². The fraction of sp³-hybridized carbons (Fsp3) is 0.870. The molecule has 0 spiro atoms. The van der Waals surface area contributed by atoms with E-state index in [0.29, 0.717) is 25.7 Å². The normalized spacial score (nSPS) is 13.9. The van der Waals surface area contributed by atoms with E-state index in [0.717, 1.165) is 38.5 Å². The Morgan fingerprint density at radius 3 is 1.70 bits per heavy atom. The molecule has 0 aromatic rings. The summed E-state index contributed by atoms with van der Waals surface area (Å²) in [6.45, 7) is 2.08. The Labute approximate surface area is 167 Å². The molecule has 4 nitrogen and oxygen atoms in total. The number of hydrogen-bond acceptors (Lipinski definition) is 3. The van der Waals surface area contributed by atoms with Gasteiger partial charge in [-0.05, 0) is 38.5 Å². The Hall–Kier alpha value is -0.870. The largest absolute Gasteiger partial charge is 0.481 e. The van der Waals surface area contributed by atoms with Gasteiger partial charge >= 0.3 is 5.97 Å². The molecule has 0 saturated carbocycles. The Kier molecular flexibility index (Phi) is 19.2. The molecule has 2 atom stereocenters. The molecule has 0 amide bonds. The summed E-state index contributed by atoms with van der Waals surface area (Å²) in [7, 11) is 0. The number of rotatable bonds is 20. The van der Waals surface area contributed by atoms with Crippen LogP contribution in [0.2, 0.25) is 0 Å². The van der Waals surface area contributed by atoms with Crippen molar-refractivity contribution in [3.8, 4) is 0 Å². The quantitative estimate of drug-likeness (QED) is 0.178. The second-order valence-electron chi connectivity index (χ2n) is 7.82. The minimum absolute atomic E-state index is 0.268. The SMILES string of the molecule is CCC=CCC(O)CCC(O)CCCCCCCCCCCCCC(=O)O. The number of carbonyl (C=O) groups is 1. The Balaban J connectivity index is 3.27. The predicted octanol–water partition coefficient (Wildman–Crippen LogP) is 6.00. The number of aliphatic hydroxyl groups is 2. The first kappa shape index (κ1) is 26.1. The van der Waals surface area contributed by atoms with Crippen LogP contribution in [0.3, 0.4) is 0 Å². The van der Waals surface area contributed by atoms with Crippen LogP contribution in [0, 0.1) is 0 Å². The van der Waals surface area contributed by atoms with Gasteiger partial charge in [-0.1, -0.05) is 83.3 Å². The maximum absolute atomic E-state index is 10.4. The molecule has 0 heterocycles. The number of unbranched alkanes of at least 4 members (excludes halogenated alkanes) is 10. The second-order valence-corrected chi connectivity index (χ2v) is 7.82. The monoisotopic (exact) mass is 384 g/mol. The molecule has 0 aliphatic carbocycles. The van der Waals surface area contributed by atoms with Crippen LogP contribution in [0.5, 0.6) is 0 Å². The van der Waals surface area contributed by atoms with E-state index in [1.165, 1.54) is 44.9 Å². The number of hydrogen-bond donors (Lipinski definition) is 3. The summed E-state index contributed by atoms with van der Waals surface area (Å²) < 4.78 is 0. The zero-order valence-electron chi connectivity index (χ0n) is 17.6. The molecule has 2 unspecified atom stereocenters. The molecule has 27 heavy (non-hydrogen) atoms. The summed E-state index contributed by atoms with van der Waals surface area (Å²) >= 11 is 0. The average molecular weight is 385 g/mol. The first-order chi connectivity index (χ1) is 13.1. The summed E-state index contributed by atoms with van der Waals surface area (Å²) in [4.78, 5) is 10.4. The van der Waals surface area contributed by atoms with Gasteiger partial charge in [0.05, 0.1) is 12.2 Å². The zero-order valence-corrected chi connectivity index (χ0v) is 17.6. The van der Waals surface area contributed by atoms with Crippen LogP contribution in [0.25, 0.3) is 0 Å². The lowest BCUT2D eigenvalue weighted by Gasteiger charge is -2.13. The molecule has 0 radical (unpaired) electrons. The lowest BCUT2D eigenvalue weighted by Crippen LogP contribution is -2.12. The van der Waals surface area contributed by atoms with Crippen LogP contribution in [0.4, 0.5) is 0 Å². The van der Waals surface area contributed by atoms with Gasteiger partial charge < -0.3 is 15.3 Å². The van der Waals surface area contributed by atoms with Gasteiger partial charge in [-0.15, -0.1) is 0 Å². The summed E-state index contributed by atoms with van der Waals surface area (Å²) in [5, 5.41) is 28.4. The maximum Gasteiger partial charge on any atom is 0.303 e. The van der Waals surface area contributed by atoms with Crippen LogP contribution < -0.4 is 0 Å². The molecule has 0 aliphatic heterocycles. The molecule has 0 aliphatic rings. The van der Waals surface area contributed by atoms with Crippen molar-refractivity contribution in [3.63, 3.8) is 0 Å². The first-order valence-corrected chi connectivity index (χ1v) is 11.3. The fourth-order valence-electron chi connectivity index (χ4n) is 3.31. The molecule has 0 fully saturated rings. The summed E-state index contributed by atoms with van der Waals surface area (Å²) in [6, 6.07) is 0. The highest BCUT2D eigenvalue weighted by Gasteiger charge is 2.08. The molecule has 4 heteroatoms. The van der Waals surface area contributed by atoms with Crippen molar-refractivity contribution in [3.05, 3.63) is 12.2 Å². The topological polar surface area (TPSA) is 77.8 Å². The smallest absolute Gasteiger partial charge is 0.303 e. The van der Waals surface area contributed by atoms with E-state index in [1.54, 1.807) is 0 Å². The Morgan fingerprint density at radius 2 is 1.19 bits per heavy atom. The van der Waals surface area contributed by atoms with Crippen molar-refractivity contribution in [2.45, 2.75) is 128 Å². The Bertz CT molecular complexity index is 354. The molecule has 0 rings (SSSR count). The van der Waals surface area contributed by atoms with Crippen molar-refractivity contribution in [2.24, 2.45) is 0 Å². The van der Waals surface area contributed by atoms with Crippen molar-refractivity contribution in [2.75, 3.05) is 0 Å². The van der Waals surface area contributed by atoms with Crippen molar-refractivity contribution in [1.29, 1.82) is 0 Å². The highest BCUT2D eigenvalue weighted by Crippen LogP contribution is 2.15. The first-order valence-electron chi connectivity index (χ1n) is 11.3. The number of allylic oxidation sites excluding steroid dienone is 1. The molecule has 3 N–H and O–H groups in total. The van der Waals surface area contributed by atoms with E-state index < -0.39 is 5.97 Å². The van der Waals surface area contributed by atoms with E-state index in [-0.39, 0.29) is 12.2 Å². The third kappa shape index (κ3) is 21.3. The molecule has 160 valence electrons. The van der Waals surface area contributed by atoms with Gasteiger partial charge in [-0.3, -0.25) is 4.79 Å². The van der Waals surface area contributed by atoms with Crippen molar-refractivity contribution >= 4 is 5.97 Å². The van der Waals surface area contributed by atoms with Gasteiger partial charge in [0.15, 0.2) is 0 Å². The molecular weight excluding hydrogens is 340 g/mol. The van der Waals surface area contributed by atoms with E-state index in [9.17, 15) is 15.0 Å². The van der Waals surface area contributed by atoms with E-state index >= 15 is 0 Å². The second kappa shape index (κ2) is 19.9. The standard InChI is InChI=1S/C23H44O4/c1-2-3-13-16-21(24)19-20-22(25)17-14-11-9-7-5-4-6-8-10-12-15-18-23(26)27/h3,13,21-22,24-25H,2,4-12,14-20H2,1H3,(H,26,27). The summed E-state index contributed by atoms with van der Waals surface area (Å²) in [6.07, 6.45) is 20.6. The van der Waals surface area contributed by atoms with Crippen LogP contribution in [0.1, 0.15) is 116 Å². The molecule has 0 saturated heterocycles. The van der Waals surface area contributed by atoms with Crippen LogP contribution in [-0.4, -0.2) is 33.5 Å². The lowest BCUT2D eigenvalue weighted by molar-refractivity contribution is -0.137.